The molecule has 0 aliphatic carbocycles. The number of nitrogens with zero attached hydrogens (tertiary/aromatic N) is 1. The summed E-state index contributed by atoms with van der Waals surface area (Å²) in [4.78, 5) is 15.5. The van der Waals surface area contributed by atoms with Gasteiger partial charge in [0.15, 0.2) is 10.8 Å². The molecular formula is C11H18N2O2S. The molecule has 0 fully saturated rings. The maximum Gasteiger partial charge on any atom is 0.355 e. The number of unbranched alkanes of at least 4 members (excludes halogenated alkanes) is 4. The van der Waals surface area contributed by atoms with Gasteiger partial charge in [0, 0.05) is 4.88 Å². The zero-order valence-electron chi connectivity index (χ0n) is 9.53. The van der Waals surface area contributed by atoms with Gasteiger partial charge in [0.05, 0.1) is 0 Å². The number of anilines is 1. The van der Waals surface area contributed by atoms with Gasteiger partial charge < -0.3 is 10.8 Å². The fourth-order valence-electron chi connectivity index (χ4n) is 1.60. The topological polar surface area (TPSA) is 76.2 Å². The lowest BCUT2D eigenvalue weighted by atomic mass is 10.1. The third-order valence-corrected chi connectivity index (χ3v) is 3.37. The molecule has 0 atom stereocenters. The number of aromatic nitrogens is 1. The number of carbonyl (C=O) groups is 1. The maximum atomic E-state index is 10.9. The molecule has 16 heavy (non-hydrogen) atoms. The predicted octanol–water partition coefficient (Wildman–Crippen LogP) is 2.94. The molecule has 0 aromatic carbocycles. The minimum atomic E-state index is -0.975. The van der Waals surface area contributed by atoms with Crippen LogP contribution in [0.3, 0.4) is 0 Å². The van der Waals surface area contributed by atoms with E-state index in [1.807, 2.05) is 0 Å². The normalized spacial score (nSPS) is 10.6. The fourth-order valence-corrected chi connectivity index (χ4v) is 2.46. The molecule has 0 saturated heterocycles. The van der Waals surface area contributed by atoms with Crippen LogP contribution in [0.1, 0.15) is 54.4 Å². The summed E-state index contributed by atoms with van der Waals surface area (Å²) >= 11 is 1.29. The van der Waals surface area contributed by atoms with E-state index in [9.17, 15) is 4.79 Å². The summed E-state index contributed by atoms with van der Waals surface area (Å²) in [7, 11) is 0. The van der Waals surface area contributed by atoms with E-state index < -0.39 is 5.97 Å². The zero-order valence-corrected chi connectivity index (χ0v) is 10.3. The van der Waals surface area contributed by atoms with E-state index in [1.165, 1.54) is 30.6 Å². The summed E-state index contributed by atoms with van der Waals surface area (Å²) < 4.78 is 0. The van der Waals surface area contributed by atoms with Gasteiger partial charge in [-0.15, -0.1) is 11.3 Å². The van der Waals surface area contributed by atoms with Crippen molar-refractivity contribution in [3.8, 4) is 0 Å². The number of aromatic carboxylic acids is 1. The van der Waals surface area contributed by atoms with Crippen molar-refractivity contribution in [1.29, 1.82) is 0 Å². The van der Waals surface area contributed by atoms with Gasteiger partial charge >= 0.3 is 5.97 Å². The summed E-state index contributed by atoms with van der Waals surface area (Å²) in [5, 5.41) is 9.26. The molecule has 1 aromatic rings. The van der Waals surface area contributed by atoms with Gasteiger partial charge in [0.25, 0.3) is 0 Å². The van der Waals surface area contributed by atoms with Crippen molar-refractivity contribution >= 4 is 22.4 Å². The standard InChI is InChI=1S/C11H18N2O2S/c1-2-3-4-5-6-7-8-9(10(14)15)13-11(12)16-8/h2-7H2,1H3,(H2,12,13)(H,14,15). The lowest BCUT2D eigenvalue weighted by molar-refractivity contribution is 0.0690. The highest BCUT2D eigenvalue weighted by Crippen LogP contribution is 2.22. The first kappa shape index (κ1) is 13.0. The molecule has 0 aliphatic rings. The van der Waals surface area contributed by atoms with Gasteiger partial charge in [-0.2, -0.15) is 0 Å². The van der Waals surface area contributed by atoms with Crippen LogP contribution >= 0.6 is 11.3 Å². The Balaban J connectivity index is 2.44. The van der Waals surface area contributed by atoms with Crippen LogP contribution in [0.5, 0.6) is 0 Å². The lowest BCUT2D eigenvalue weighted by Crippen LogP contribution is -2.01. The van der Waals surface area contributed by atoms with Gasteiger partial charge in [-0.05, 0) is 12.8 Å². The van der Waals surface area contributed by atoms with Crippen LogP contribution < -0.4 is 5.73 Å². The summed E-state index contributed by atoms with van der Waals surface area (Å²) in [6, 6.07) is 0. The Morgan fingerprint density at radius 1 is 1.38 bits per heavy atom. The van der Waals surface area contributed by atoms with Gasteiger partial charge in [-0.25, -0.2) is 9.78 Å². The lowest BCUT2D eigenvalue weighted by Gasteiger charge is -1.99. The van der Waals surface area contributed by atoms with Gasteiger partial charge in [-0.3, -0.25) is 0 Å². The molecule has 0 spiro atoms. The molecule has 0 aliphatic heterocycles. The summed E-state index contributed by atoms with van der Waals surface area (Å²) in [5.41, 5.74) is 5.65. The monoisotopic (exact) mass is 242 g/mol. The minimum absolute atomic E-state index is 0.137. The number of thiazole rings is 1. The van der Waals surface area contributed by atoms with Crippen molar-refractivity contribution in [2.75, 3.05) is 5.73 Å². The minimum Gasteiger partial charge on any atom is -0.476 e. The van der Waals surface area contributed by atoms with E-state index in [1.54, 1.807) is 0 Å². The molecule has 0 unspecified atom stereocenters. The van der Waals surface area contributed by atoms with Crippen molar-refractivity contribution in [2.24, 2.45) is 0 Å². The number of carboxylic acids is 1. The van der Waals surface area contributed by atoms with Crippen molar-refractivity contribution in [3.63, 3.8) is 0 Å². The number of hydrogen-bond donors (Lipinski definition) is 2. The largest absolute Gasteiger partial charge is 0.476 e. The Morgan fingerprint density at radius 3 is 2.69 bits per heavy atom. The van der Waals surface area contributed by atoms with E-state index in [2.05, 4.69) is 11.9 Å². The quantitative estimate of drug-likeness (QED) is 0.721. The number of carboxylic acid groups (broad SMARTS) is 1. The van der Waals surface area contributed by atoms with Crippen LogP contribution in [0.4, 0.5) is 5.13 Å². The average Bonchev–Trinajstić information content (AvgIpc) is 2.59. The highest BCUT2D eigenvalue weighted by molar-refractivity contribution is 7.15. The zero-order chi connectivity index (χ0) is 12.0. The van der Waals surface area contributed by atoms with Crippen LogP contribution in [-0.2, 0) is 6.42 Å². The molecule has 90 valence electrons. The molecule has 5 heteroatoms. The van der Waals surface area contributed by atoms with Crippen LogP contribution in [0.25, 0.3) is 0 Å². The first-order valence-electron chi connectivity index (χ1n) is 5.63. The van der Waals surface area contributed by atoms with Crippen LogP contribution in [-0.4, -0.2) is 16.1 Å². The van der Waals surface area contributed by atoms with Crippen molar-refractivity contribution in [3.05, 3.63) is 10.6 Å². The van der Waals surface area contributed by atoms with Crippen molar-refractivity contribution in [2.45, 2.75) is 45.4 Å². The third-order valence-electron chi connectivity index (χ3n) is 2.42. The van der Waals surface area contributed by atoms with E-state index >= 15 is 0 Å². The Hall–Kier alpha value is -1.10. The number of hydrogen-bond acceptors (Lipinski definition) is 4. The molecule has 0 amide bonds. The predicted molar refractivity (Wildman–Crippen MR) is 65.9 cm³/mol. The van der Waals surface area contributed by atoms with E-state index in [0.717, 1.165) is 24.1 Å². The van der Waals surface area contributed by atoms with Crippen LogP contribution in [0, 0.1) is 0 Å². The van der Waals surface area contributed by atoms with Gasteiger partial charge in [0.1, 0.15) is 0 Å². The SMILES string of the molecule is CCCCCCCc1sc(N)nc1C(=O)O. The Kier molecular flexibility index (Phi) is 5.25. The molecule has 0 radical (unpaired) electrons. The van der Waals surface area contributed by atoms with Gasteiger partial charge in [0.2, 0.25) is 0 Å². The second-order valence-corrected chi connectivity index (χ2v) is 4.91. The highest BCUT2D eigenvalue weighted by atomic mass is 32.1. The van der Waals surface area contributed by atoms with Crippen LogP contribution in [0.15, 0.2) is 0 Å². The number of nitrogen functional groups attached to an aromatic ring is 1. The van der Waals surface area contributed by atoms with Crippen molar-refractivity contribution in [1.82, 2.24) is 4.98 Å². The smallest absolute Gasteiger partial charge is 0.355 e. The van der Waals surface area contributed by atoms with Gasteiger partial charge in [-0.1, -0.05) is 32.6 Å². The summed E-state index contributed by atoms with van der Waals surface area (Å²) in [5.74, 6) is -0.975. The first-order chi connectivity index (χ1) is 7.65. The Bertz CT molecular complexity index is 350. The Labute approximate surface area is 99.5 Å². The highest BCUT2D eigenvalue weighted by Gasteiger charge is 2.15. The van der Waals surface area contributed by atoms with Crippen LogP contribution in [0.2, 0.25) is 0 Å². The average molecular weight is 242 g/mol. The second-order valence-electron chi connectivity index (χ2n) is 3.79. The summed E-state index contributed by atoms with van der Waals surface area (Å²) in [6.45, 7) is 2.17. The molecule has 1 aromatic heterocycles. The van der Waals surface area contributed by atoms with E-state index in [0.29, 0.717) is 5.13 Å². The number of nitrogens with two attached hydrogens (primary N) is 1. The molecule has 4 nitrogen and oxygen atoms in total. The fraction of sp³-hybridized carbons (Fsp3) is 0.636. The maximum absolute atomic E-state index is 10.9. The second kappa shape index (κ2) is 6.48. The van der Waals surface area contributed by atoms with E-state index in [4.69, 9.17) is 10.8 Å². The molecule has 1 heterocycles. The molecule has 0 saturated carbocycles. The molecule has 0 bridgehead atoms. The van der Waals surface area contributed by atoms with Crippen molar-refractivity contribution < 1.29 is 9.90 Å². The Morgan fingerprint density at radius 2 is 2.06 bits per heavy atom. The number of aryl methyl sites for hydroxylation is 1. The molecular weight excluding hydrogens is 224 g/mol. The first-order valence-corrected chi connectivity index (χ1v) is 6.45. The molecule has 3 N–H and O–H groups in total. The number of rotatable bonds is 7. The third kappa shape index (κ3) is 3.81. The molecule has 1 rings (SSSR count). The van der Waals surface area contributed by atoms with E-state index in [-0.39, 0.29) is 5.69 Å². The summed E-state index contributed by atoms with van der Waals surface area (Å²) in [6.07, 6.45) is 6.62.